The number of rotatable bonds is 7. The van der Waals surface area contributed by atoms with Crippen molar-refractivity contribution in [1.82, 2.24) is 9.80 Å². The van der Waals surface area contributed by atoms with Crippen molar-refractivity contribution in [2.45, 2.75) is 39.7 Å². The van der Waals surface area contributed by atoms with Crippen LogP contribution in [0.25, 0.3) is 0 Å². The zero-order valence-electron chi connectivity index (χ0n) is 10.9. The summed E-state index contributed by atoms with van der Waals surface area (Å²) in [6, 6.07) is 0.829. The van der Waals surface area contributed by atoms with E-state index in [1.165, 1.54) is 12.8 Å². The molecule has 16 heavy (non-hydrogen) atoms. The SMILES string of the molecule is CCN(CC)C(N)=NCCN(CC)C1CC1. The van der Waals surface area contributed by atoms with Crippen molar-refractivity contribution in [3.8, 4) is 0 Å². The molecule has 0 spiro atoms. The van der Waals surface area contributed by atoms with Crippen molar-refractivity contribution in [3.63, 3.8) is 0 Å². The van der Waals surface area contributed by atoms with Crippen molar-refractivity contribution < 1.29 is 0 Å². The summed E-state index contributed by atoms with van der Waals surface area (Å²) in [6.45, 7) is 11.3. The average molecular weight is 226 g/mol. The van der Waals surface area contributed by atoms with Crippen LogP contribution in [0.3, 0.4) is 0 Å². The van der Waals surface area contributed by atoms with Crippen LogP contribution < -0.4 is 5.73 Å². The largest absolute Gasteiger partial charge is 0.370 e. The van der Waals surface area contributed by atoms with Crippen LogP contribution in [-0.4, -0.2) is 54.5 Å². The van der Waals surface area contributed by atoms with E-state index in [-0.39, 0.29) is 0 Å². The zero-order chi connectivity index (χ0) is 12.0. The Bertz CT molecular complexity index is 219. The van der Waals surface area contributed by atoms with Gasteiger partial charge >= 0.3 is 0 Å². The fraction of sp³-hybridized carbons (Fsp3) is 0.917. The van der Waals surface area contributed by atoms with Crippen LogP contribution >= 0.6 is 0 Å². The lowest BCUT2D eigenvalue weighted by molar-refractivity contribution is 0.285. The van der Waals surface area contributed by atoms with E-state index in [9.17, 15) is 0 Å². The molecule has 2 N–H and O–H groups in total. The fourth-order valence-corrected chi connectivity index (χ4v) is 1.98. The number of hydrogen-bond donors (Lipinski definition) is 1. The van der Waals surface area contributed by atoms with Gasteiger partial charge in [0.05, 0.1) is 6.54 Å². The van der Waals surface area contributed by atoms with Crippen molar-refractivity contribution in [3.05, 3.63) is 0 Å². The van der Waals surface area contributed by atoms with Crippen LogP contribution in [0.5, 0.6) is 0 Å². The van der Waals surface area contributed by atoms with Gasteiger partial charge in [-0.25, -0.2) is 0 Å². The first kappa shape index (κ1) is 13.3. The van der Waals surface area contributed by atoms with E-state index in [4.69, 9.17) is 5.73 Å². The van der Waals surface area contributed by atoms with Gasteiger partial charge in [-0.1, -0.05) is 6.92 Å². The van der Waals surface area contributed by atoms with E-state index in [1.807, 2.05) is 0 Å². The molecule has 1 saturated carbocycles. The summed E-state index contributed by atoms with van der Waals surface area (Å²) in [5.41, 5.74) is 5.92. The molecule has 1 fully saturated rings. The predicted molar refractivity (Wildman–Crippen MR) is 69.7 cm³/mol. The lowest BCUT2D eigenvalue weighted by Gasteiger charge is -2.21. The lowest BCUT2D eigenvalue weighted by atomic mass is 10.4. The molecule has 94 valence electrons. The van der Waals surface area contributed by atoms with E-state index in [0.717, 1.165) is 38.8 Å². The highest BCUT2D eigenvalue weighted by Gasteiger charge is 2.27. The van der Waals surface area contributed by atoms with E-state index >= 15 is 0 Å². The molecule has 0 aromatic rings. The average Bonchev–Trinajstić information content (AvgIpc) is 3.10. The number of likely N-dealkylation sites (N-methyl/N-ethyl adjacent to an activating group) is 1. The molecule has 4 heteroatoms. The number of nitrogens with zero attached hydrogens (tertiary/aromatic N) is 3. The molecule has 0 unspecified atom stereocenters. The predicted octanol–water partition coefficient (Wildman–Crippen LogP) is 1.13. The van der Waals surface area contributed by atoms with Crippen LogP contribution in [0.15, 0.2) is 4.99 Å². The quantitative estimate of drug-likeness (QED) is 0.523. The number of nitrogens with two attached hydrogens (primary N) is 1. The minimum Gasteiger partial charge on any atom is -0.370 e. The Morgan fingerprint density at radius 3 is 2.25 bits per heavy atom. The molecule has 0 amide bonds. The van der Waals surface area contributed by atoms with Gasteiger partial charge in [0, 0.05) is 25.7 Å². The minimum atomic E-state index is 0.692. The maximum Gasteiger partial charge on any atom is 0.191 e. The molecule has 0 aromatic heterocycles. The molecule has 0 aromatic carbocycles. The lowest BCUT2D eigenvalue weighted by Crippen LogP contribution is -2.38. The van der Waals surface area contributed by atoms with Gasteiger partial charge in [-0.3, -0.25) is 9.89 Å². The summed E-state index contributed by atoms with van der Waals surface area (Å²) in [7, 11) is 0. The van der Waals surface area contributed by atoms with Crippen LogP contribution in [0.2, 0.25) is 0 Å². The first-order chi connectivity index (χ1) is 7.72. The zero-order valence-corrected chi connectivity index (χ0v) is 10.9. The molecule has 0 heterocycles. The number of guanidine groups is 1. The summed E-state index contributed by atoms with van der Waals surface area (Å²) in [5, 5.41) is 0. The van der Waals surface area contributed by atoms with Crippen molar-refractivity contribution >= 4 is 5.96 Å². The summed E-state index contributed by atoms with van der Waals surface area (Å²) >= 11 is 0. The van der Waals surface area contributed by atoms with Gasteiger partial charge in [0.25, 0.3) is 0 Å². The smallest absolute Gasteiger partial charge is 0.191 e. The van der Waals surface area contributed by atoms with Gasteiger partial charge in [0.15, 0.2) is 5.96 Å². The second-order valence-electron chi connectivity index (χ2n) is 4.27. The maximum absolute atomic E-state index is 5.92. The molecule has 0 aliphatic heterocycles. The fourth-order valence-electron chi connectivity index (χ4n) is 1.98. The highest BCUT2D eigenvalue weighted by atomic mass is 15.3. The van der Waals surface area contributed by atoms with Crippen LogP contribution in [0.4, 0.5) is 0 Å². The molecule has 4 nitrogen and oxygen atoms in total. The molecule has 0 atom stereocenters. The second-order valence-corrected chi connectivity index (χ2v) is 4.27. The standard InChI is InChI=1S/C12H26N4/c1-4-15(5-2)12(13)14-9-10-16(6-3)11-7-8-11/h11H,4-10H2,1-3H3,(H2,13,14). The number of aliphatic imine (C=N–C) groups is 1. The van der Waals surface area contributed by atoms with Gasteiger partial charge in [-0.15, -0.1) is 0 Å². The summed E-state index contributed by atoms with van der Waals surface area (Å²) in [5.74, 6) is 0.692. The molecule has 1 rings (SSSR count). The van der Waals surface area contributed by atoms with E-state index in [2.05, 4.69) is 35.6 Å². The second kappa shape index (κ2) is 6.74. The third-order valence-corrected chi connectivity index (χ3v) is 3.22. The third kappa shape index (κ3) is 4.00. The summed E-state index contributed by atoms with van der Waals surface area (Å²) < 4.78 is 0. The first-order valence-electron chi connectivity index (χ1n) is 6.51. The van der Waals surface area contributed by atoms with E-state index < -0.39 is 0 Å². The Kier molecular flexibility index (Phi) is 5.60. The van der Waals surface area contributed by atoms with E-state index in [0.29, 0.717) is 5.96 Å². The third-order valence-electron chi connectivity index (χ3n) is 3.22. The maximum atomic E-state index is 5.92. The van der Waals surface area contributed by atoms with Gasteiger partial charge in [-0.05, 0) is 33.2 Å². The normalized spacial score (nSPS) is 16.9. The minimum absolute atomic E-state index is 0.692. The Balaban J connectivity index is 2.28. The highest BCUT2D eigenvalue weighted by molar-refractivity contribution is 5.77. The number of hydrogen-bond acceptors (Lipinski definition) is 2. The Hall–Kier alpha value is -0.770. The molecule has 0 radical (unpaired) electrons. The van der Waals surface area contributed by atoms with Gasteiger partial charge in [0.2, 0.25) is 0 Å². The first-order valence-corrected chi connectivity index (χ1v) is 6.51. The van der Waals surface area contributed by atoms with Crippen molar-refractivity contribution in [2.75, 3.05) is 32.7 Å². The molecule has 0 saturated heterocycles. The Labute approximate surface area is 99.5 Å². The summed E-state index contributed by atoms with van der Waals surface area (Å²) in [4.78, 5) is 9.03. The molecule has 1 aliphatic rings. The van der Waals surface area contributed by atoms with Crippen LogP contribution in [-0.2, 0) is 0 Å². The topological polar surface area (TPSA) is 44.9 Å². The van der Waals surface area contributed by atoms with Gasteiger partial charge < -0.3 is 10.6 Å². The summed E-state index contributed by atoms with van der Waals surface area (Å²) in [6.07, 6.45) is 2.73. The molecular weight excluding hydrogens is 200 g/mol. The van der Waals surface area contributed by atoms with Gasteiger partial charge in [0.1, 0.15) is 0 Å². The van der Waals surface area contributed by atoms with Crippen LogP contribution in [0.1, 0.15) is 33.6 Å². The van der Waals surface area contributed by atoms with E-state index in [1.54, 1.807) is 0 Å². The molecule has 1 aliphatic carbocycles. The molecule has 0 bridgehead atoms. The molecular formula is C12H26N4. The van der Waals surface area contributed by atoms with Crippen LogP contribution in [0, 0.1) is 0 Å². The van der Waals surface area contributed by atoms with Crippen molar-refractivity contribution in [2.24, 2.45) is 10.7 Å². The Morgan fingerprint density at radius 2 is 1.81 bits per heavy atom. The Morgan fingerprint density at radius 1 is 1.19 bits per heavy atom. The van der Waals surface area contributed by atoms with Crippen molar-refractivity contribution in [1.29, 1.82) is 0 Å². The highest BCUT2D eigenvalue weighted by Crippen LogP contribution is 2.25. The van der Waals surface area contributed by atoms with Gasteiger partial charge in [-0.2, -0.15) is 0 Å². The monoisotopic (exact) mass is 226 g/mol.